The Labute approximate surface area is 191 Å². The number of carbonyl (C=O) groups excluding carboxylic acids is 3. The van der Waals surface area contributed by atoms with Gasteiger partial charge in [-0.2, -0.15) is 0 Å². The third-order valence-corrected chi connectivity index (χ3v) is 6.71. The molecule has 2 N–H and O–H groups in total. The van der Waals surface area contributed by atoms with E-state index < -0.39 is 23.3 Å². The zero-order valence-electron chi connectivity index (χ0n) is 20.0. The quantitative estimate of drug-likeness (QED) is 0.706. The molecule has 2 aliphatic rings. The lowest BCUT2D eigenvalue weighted by atomic mass is 9.74. The first-order chi connectivity index (χ1) is 15.1. The Morgan fingerprint density at radius 1 is 1.19 bits per heavy atom. The van der Waals surface area contributed by atoms with Gasteiger partial charge in [0.25, 0.3) is 5.91 Å². The van der Waals surface area contributed by atoms with Crippen LogP contribution in [-0.2, 0) is 16.0 Å². The standard InChI is InChI=1S/C25H37N3O4/c1-6-18-15-16-28(21(29)25(18,7-2)27-23(31)32-24(3,4)5)22(30)26-20-14-10-12-17-11-8-9-13-19(17)20/h8-9,11,13,18,20H,6-7,10,12,14-16H2,1-5H3,(H,26,30)(H,27,31). The number of fused-ring (bicyclic) bond motifs is 1. The molecular weight excluding hydrogens is 406 g/mol. The van der Waals surface area contributed by atoms with Crippen molar-refractivity contribution < 1.29 is 19.1 Å². The van der Waals surface area contributed by atoms with Crippen molar-refractivity contribution in [2.24, 2.45) is 5.92 Å². The number of likely N-dealkylation sites (tertiary alicyclic amines) is 1. The summed E-state index contributed by atoms with van der Waals surface area (Å²) in [6.45, 7) is 9.58. The van der Waals surface area contributed by atoms with Gasteiger partial charge in [0.15, 0.2) is 0 Å². The van der Waals surface area contributed by atoms with Gasteiger partial charge in [0.1, 0.15) is 11.1 Å². The fraction of sp³-hybridized carbons (Fsp3) is 0.640. The maximum absolute atomic E-state index is 13.7. The first kappa shape index (κ1) is 24.1. The van der Waals surface area contributed by atoms with Crippen LogP contribution < -0.4 is 10.6 Å². The highest BCUT2D eigenvalue weighted by Crippen LogP contribution is 2.35. The van der Waals surface area contributed by atoms with Gasteiger partial charge in [-0.25, -0.2) is 9.59 Å². The molecule has 1 aromatic rings. The lowest BCUT2D eigenvalue weighted by Crippen LogP contribution is -2.68. The highest BCUT2D eigenvalue weighted by atomic mass is 16.6. The Hall–Kier alpha value is -2.57. The molecule has 176 valence electrons. The van der Waals surface area contributed by atoms with Crippen LogP contribution in [0.3, 0.4) is 0 Å². The molecule has 7 nitrogen and oxygen atoms in total. The predicted molar refractivity (Wildman–Crippen MR) is 123 cm³/mol. The topological polar surface area (TPSA) is 87.7 Å². The van der Waals surface area contributed by atoms with Crippen LogP contribution in [-0.4, -0.2) is 40.6 Å². The van der Waals surface area contributed by atoms with Crippen LogP contribution in [0.15, 0.2) is 24.3 Å². The van der Waals surface area contributed by atoms with E-state index in [0.717, 1.165) is 31.2 Å². The SMILES string of the molecule is CCC1CCN(C(=O)NC2CCCc3ccccc32)C(=O)C1(CC)NC(=O)OC(C)(C)C. The summed E-state index contributed by atoms with van der Waals surface area (Å²) in [6, 6.07) is 7.63. The zero-order valence-corrected chi connectivity index (χ0v) is 20.0. The summed E-state index contributed by atoms with van der Waals surface area (Å²) in [5, 5.41) is 5.94. The molecule has 1 fully saturated rings. The lowest BCUT2D eigenvalue weighted by molar-refractivity contribution is -0.142. The average Bonchev–Trinajstić information content (AvgIpc) is 2.73. The molecule has 32 heavy (non-hydrogen) atoms. The van der Waals surface area contributed by atoms with Gasteiger partial charge >= 0.3 is 12.1 Å². The van der Waals surface area contributed by atoms with E-state index in [0.29, 0.717) is 19.4 Å². The fourth-order valence-electron chi connectivity index (χ4n) is 5.10. The molecule has 1 aliphatic carbocycles. The van der Waals surface area contributed by atoms with Crippen molar-refractivity contribution in [2.75, 3.05) is 6.54 Å². The second kappa shape index (κ2) is 9.51. The number of benzene rings is 1. The van der Waals surface area contributed by atoms with Gasteiger partial charge in [-0.1, -0.05) is 44.5 Å². The number of nitrogens with zero attached hydrogens (tertiary/aromatic N) is 1. The van der Waals surface area contributed by atoms with Crippen molar-refractivity contribution in [1.29, 1.82) is 0 Å². The smallest absolute Gasteiger partial charge is 0.408 e. The van der Waals surface area contributed by atoms with Crippen molar-refractivity contribution in [3.05, 3.63) is 35.4 Å². The summed E-state index contributed by atoms with van der Waals surface area (Å²) in [5.41, 5.74) is 0.535. The summed E-state index contributed by atoms with van der Waals surface area (Å²) in [6.07, 6.45) is 3.96. The van der Waals surface area contributed by atoms with Crippen LogP contribution in [0.2, 0.25) is 0 Å². The minimum Gasteiger partial charge on any atom is -0.444 e. The normalized spacial score (nSPS) is 25.7. The number of alkyl carbamates (subject to hydrolysis) is 1. The number of amides is 4. The van der Waals surface area contributed by atoms with Crippen molar-refractivity contribution in [1.82, 2.24) is 15.5 Å². The van der Waals surface area contributed by atoms with Crippen LogP contribution in [0.4, 0.5) is 9.59 Å². The first-order valence-electron chi connectivity index (χ1n) is 11.8. The summed E-state index contributed by atoms with van der Waals surface area (Å²) < 4.78 is 5.44. The highest BCUT2D eigenvalue weighted by molar-refractivity contribution is 6.01. The molecule has 0 spiro atoms. The van der Waals surface area contributed by atoms with E-state index in [9.17, 15) is 14.4 Å². The van der Waals surface area contributed by atoms with E-state index in [1.54, 1.807) is 20.8 Å². The number of aryl methyl sites for hydroxylation is 1. The van der Waals surface area contributed by atoms with Crippen LogP contribution in [0.25, 0.3) is 0 Å². The van der Waals surface area contributed by atoms with Gasteiger partial charge in [-0.15, -0.1) is 0 Å². The molecule has 3 unspecified atom stereocenters. The van der Waals surface area contributed by atoms with Gasteiger partial charge in [-0.3, -0.25) is 9.69 Å². The Morgan fingerprint density at radius 3 is 2.56 bits per heavy atom. The number of urea groups is 1. The van der Waals surface area contributed by atoms with Gasteiger partial charge in [0, 0.05) is 6.54 Å². The molecule has 1 saturated heterocycles. The number of ether oxygens (including phenoxy) is 1. The molecule has 0 radical (unpaired) electrons. The minimum atomic E-state index is -1.16. The third-order valence-electron chi connectivity index (χ3n) is 6.71. The number of carbonyl (C=O) groups is 3. The van der Waals surface area contributed by atoms with Crippen LogP contribution in [0.5, 0.6) is 0 Å². The molecule has 3 atom stereocenters. The van der Waals surface area contributed by atoms with Crippen LogP contribution in [0.1, 0.15) is 83.9 Å². The van der Waals surface area contributed by atoms with E-state index in [-0.39, 0.29) is 17.9 Å². The molecule has 0 bridgehead atoms. The Morgan fingerprint density at radius 2 is 1.91 bits per heavy atom. The number of imide groups is 1. The summed E-state index contributed by atoms with van der Waals surface area (Å²) in [7, 11) is 0. The molecule has 1 heterocycles. The zero-order chi connectivity index (χ0) is 23.5. The Kier molecular flexibility index (Phi) is 7.16. The minimum absolute atomic E-state index is 0.0630. The van der Waals surface area contributed by atoms with Crippen molar-refractivity contribution in [3.63, 3.8) is 0 Å². The van der Waals surface area contributed by atoms with Crippen LogP contribution in [0, 0.1) is 5.92 Å². The molecule has 4 amide bonds. The van der Waals surface area contributed by atoms with Crippen LogP contribution >= 0.6 is 0 Å². The molecule has 7 heteroatoms. The molecule has 0 saturated carbocycles. The molecule has 1 aromatic carbocycles. The van der Waals surface area contributed by atoms with Gasteiger partial charge < -0.3 is 15.4 Å². The summed E-state index contributed by atoms with van der Waals surface area (Å²) >= 11 is 0. The lowest BCUT2D eigenvalue weighted by Gasteiger charge is -2.46. The third kappa shape index (κ3) is 4.92. The van der Waals surface area contributed by atoms with Gasteiger partial charge in [0.05, 0.1) is 6.04 Å². The van der Waals surface area contributed by atoms with Crippen molar-refractivity contribution >= 4 is 18.0 Å². The van der Waals surface area contributed by atoms with E-state index >= 15 is 0 Å². The number of nitrogens with one attached hydrogen (secondary N) is 2. The molecule has 0 aromatic heterocycles. The number of hydrogen-bond acceptors (Lipinski definition) is 4. The van der Waals surface area contributed by atoms with E-state index in [2.05, 4.69) is 16.7 Å². The van der Waals surface area contributed by atoms with Crippen molar-refractivity contribution in [3.8, 4) is 0 Å². The number of rotatable bonds is 4. The maximum atomic E-state index is 13.7. The first-order valence-corrected chi connectivity index (χ1v) is 11.8. The van der Waals surface area contributed by atoms with E-state index in [1.807, 2.05) is 32.0 Å². The second-order valence-electron chi connectivity index (χ2n) is 9.90. The monoisotopic (exact) mass is 443 g/mol. The highest BCUT2D eigenvalue weighted by Gasteiger charge is 2.52. The summed E-state index contributed by atoms with van der Waals surface area (Å²) in [5.74, 6) is -0.419. The fourth-order valence-corrected chi connectivity index (χ4v) is 5.10. The number of piperidine rings is 1. The molecule has 3 rings (SSSR count). The predicted octanol–water partition coefficient (Wildman–Crippen LogP) is 4.71. The average molecular weight is 444 g/mol. The number of hydrogen-bond donors (Lipinski definition) is 2. The molecular formula is C25H37N3O4. The largest absolute Gasteiger partial charge is 0.444 e. The summed E-state index contributed by atoms with van der Waals surface area (Å²) in [4.78, 5) is 40.8. The maximum Gasteiger partial charge on any atom is 0.408 e. The van der Waals surface area contributed by atoms with Gasteiger partial charge in [0.2, 0.25) is 0 Å². The molecule has 1 aliphatic heterocycles. The van der Waals surface area contributed by atoms with Gasteiger partial charge in [-0.05, 0) is 69.9 Å². The van der Waals surface area contributed by atoms with E-state index in [1.165, 1.54) is 10.5 Å². The Bertz CT molecular complexity index is 863. The second-order valence-corrected chi connectivity index (χ2v) is 9.90. The van der Waals surface area contributed by atoms with E-state index in [4.69, 9.17) is 4.74 Å². The Balaban J connectivity index is 1.80. The van der Waals surface area contributed by atoms with Crippen molar-refractivity contribution in [2.45, 2.75) is 90.3 Å².